The monoisotopic (exact) mass is 773 g/mol. The van der Waals surface area contributed by atoms with Gasteiger partial charge in [0.15, 0.2) is 5.78 Å². The highest BCUT2D eigenvalue weighted by Gasteiger charge is 2.39. The molecule has 1 aromatic carbocycles. The molecule has 2 heterocycles. The summed E-state index contributed by atoms with van der Waals surface area (Å²) >= 11 is 0. The lowest BCUT2D eigenvalue weighted by Gasteiger charge is -2.26. The van der Waals surface area contributed by atoms with Gasteiger partial charge in [0.05, 0.1) is 11.4 Å². The van der Waals surface area contributed by atoms with Crippen molar-refractivity contribution in [2.45, 2.75) is 117 Å². The van der Waals surface area contributed by atoms with Gasteiger partial charge in [-0.05, 0) is 110 Å². The van der Waals surface area contributed by atoms with Crippen LogP contribution in [-0.4, -0.2) is 90.0 Å². The molecule has 298 valence electrons. The highest BCUT2D eigenvalue weighted by Crippen LogP contribution is 2.27. The summed E-state index contributed by atoms with van der Waals surface area (Å²) in [5.74, 6) is -0.975. The molecule has 1 saturated carbocycles. The fraction of sp³-hybridized carbons (Fsp3) is 0.526. The number of ether oxygens (including phenoxy) is 2. The standard InChI is InChI=1S/C19H30N4O7S.C12H13NO2.C7H12O/c1-5-13(16(25)22-31(28,29)12-8-9-12)21-17(26)14-7-6-10-23(14)15(24)11-20-18(27)30-19(2,3)4;1-8(2)15-10-3-4-11-9(7-10)5-6-13-12(11)14;1-4-7(8)5-6(2)3/h5,12-14H,1,6-11H2,2-4H3,(H,20,27)(H,21,26)(H,22,25);3-8H,1-2H3,(H,13,14);5H,4H2,1-3H3. The summed E-state index contributed by atoms with van der Waals surface area (Å²) in [6.07, 6.45) is 6.36. The molecule has 1 saturated heterocycles. The lowest BCUT2D eigenvalue weighted by atomic mass is 10.1. The molecule has 2 unspecified atom stereocenters. The Morgan fingerprint density at radius 1 is 1.07 bits per heavy atom. The number of fused-ring (bicyclic) bond motifs is 1. The lowest BCUT2D eigenvalue weighted by Crippen LogP contribution is -2.54. The van der Waals surface area contributed by atoms with Crippen molar-refractivity contribution in [2.24, 2.45) is 0 Å². The number of nitrogens with zero attached hydrogens (tertiary/aromatic N) is 1. The summed E-state index contributed by atoms with van der Waals surface area (Å²) in [4.78, 5) is 75.1. The van der Waals surface area contributed by atoms with E-state index >= 15 is 0 Å². The lowest BCUT2D eigenvalue weighted by molar-refractivity contribution is -0.138. The Labute approximate surface area is 317 Å². The van der Waals surface area contributed by atoms with Crippen LogP contribution in [0, 0.1) is 0 Å². The Morgan fingerprint density at radius 2 is 1.74 bits per heavy atom. The summed E-state index contributed by atoms with van der Waals surface area (Å²) in [7, 11) is -3.76. The molecular formula is C38H55N5O10S. The maximum atomic E-state index is 12.7. The van der Waals surface area contributed by atoms with Crippen LogP contribution in [0.3, 0.4) is 0 Å². The van der Waals surface area contributed by atoms with Gasteiger partial charge < -0.3 is 30.0 Å². The number of sulfonamides is 1. The second-order valence-electron chi connectivity index (χ2n) is 14.3. The van der Waals surface area contributed by atoms with Gasteiger partial charge in [0.25, 0.3) is 11.5 Å². The number of H-pyrrole nitrogens is 1. The van der Waals surface area contributed by atoms with Crippen LogP contribution in [0.4, 0.5) is 4.79 Å². The molecular weight excluding hydrogens is 719 g/mol. The van der Waals surface area contributed by atoms with Gasteiger partial charge in [0.1, 0.15) is 30.0 Å². The predicted molar refractivity (Wildman–Crippen MR) is 206 cm³/mol. The molecule has 2 aromatic rings. The molecule has 4 rings (SSSR count). The molecule has 4 amide bonds. The minimum absolute atomic E-state index is 0.0661. The van der Waals surface area contributed by atoms with E-state index in [1.54, 1.807) is 39.1 Å². The number of allylic oxidation sites excluding steroid dienone is 2. The number of alkyl carbamates (subject to hydrolysis) is 1. The molecule has 54 heavy (non-hydrogen) atoms. The van der Waals surface area contributed by atoms with Crippen LogP contribution in [-0.2, 0) is 33.9 Å². The number of aromatic amines is 1. The molecule has 2 atom stereocenters. The number of carbonyl (C=O) groups is 5. The third kappa shape index (κ3) is 15.5. The van der Waals surface area contributed by atoms with E-state index in [-0.39, 0.29) is 24.0 Å². The summed E-state index contributed by atoms with van der Waals surface area (Å²) in [6.45, 7) is 18.2. The number of rotatable bonds is 12. The second-order valence-corrected chi connectivity index (χ2v) is 16.3. The number of nitrogens with one attached hydrogen (secondary N) is 4. The Morgan fingerprint density at radius 3 is 2.28 bits per heavy atom. The van der Waals surface area contributed by atoms with Crippen molar-refractivity contribution in [3.63, 3.8) is 0 Å². The van der Waals surface area contributed by atoms with Crippen molar-refractivity contribution in [2.75, 3.05) is 13.1 Å². The van der Waals surface area contributed by atoms with E-state index in [9.17, 15) is 37.2 Å². The van der Waals surface area contributed by atoms with Crippen molar-refractivity contribution in [3.05, 3.63) is 65.1 Å². The largest absolute Gasteiger partial charge is 0.491 e. The summed E-state index contributed by atoms with van der Waals surface area (Å²) in [5, 5.41) is 5.79. The van der Waals surface area contributed by atoms with E-state index in [0.717, 1.165) is 22.8 Å². The third-order valence-electron chi connectivity index (χ3n) is 7.60. The number of hydrogen-bond donors (Lipinski definition) is 4. The molecule has 15 nitrogen and oxygen atoms in total. The average Bonchev–Trinajstić information content (AvgIpc) is 3.83. The Kier molecular flexibility index (Phi) is 17.1. The van der Waals surface area contributed by atoms with Gasteiger partial charge in [-0.1, -0.05) is 18.6 Å². The molecule has 1 aromatic heterocycles. The smallest absolute Gasteiger partial charge is 0.408 e. The molecule has 2 fully saturated rings. The fourth-order valence-electron chi connectivity index (χ4n) is 4.99. The zero-order chi connectivity index (χ0) is 40.8. The number of aromatic nitrogens is 1. The fourth-order valence-corrected chi connectivity index (χ4v) is 6.32. The number of ketones is 1. The van der Waals surface area contributed by atoms with E-state index < -0.39 is 56.8 Å². The minimum atomic E-state index is -3.76. The molecule has 0 spiro atoms. The molecule has 0 radical (unpaired) electrons. The van der Waals surface area contributed by atoms with E-state index in [0.29, 0.717) is 44.0 Å². The maximum Gasteiger partial charge on any atom is 0.408 e. The van der Waals surface area contributed by atoms with Crippen molar-refractivity contribution < 1.29 is 41.9 Å². The van der Waals surface area contributed by atoms with E-state index in [4.69, 9.17) is 9.47 Å². The van der Waals surface area contributed by atoms with Crippen LogP contribution in [0.25, 0.3) is 10.8 Å². The first-order valence-corrected chi connectivity index (χ1v) is 19.4. The SMILES string of the molecule is C=CC(NC(=O)C1CCCN1C(=O)CNC(=O)OC(C)(C)C)C(=O)NS(=O)(=O)C1CC1.CC(C)Oc1ccc2c(=O)[nH]ccc2c1.CCC(=O)C=C(C)C. The molecule has 2 aliphatic rings. The Hall–Kier alpha value is -4.99. The third-order valence-corrected chi connectivity index (χ3v) is 9.43. The van der Waals surface area contributed by atoms with E-state index in [1.165, 1.54) is 4.90 Å². The molecule has 16 heteroatoms. The van der Waals surface area contributed by atoms with Gasteiger partial charge in [0, 0.05) is 24.5 Å². The van der Waals surface area contributed by atoms with Gasteiger partial charge >= 0.3 is 6.09 Å². The number of likely N-dealkylation sites (tertiary alicyclic amines) is 1. The highest BCUT2D eigenvalue weighted by atomic mass is 32.2. The van der Waals surface area contributed by atoms with Crippen molar-refractivity contribution in [1.29, 1.82) is 0 Å². The first-order chi connectivity index (χ1) is 25.2. The van der Waals surface area contributed by atoms with Crippen molar-refractivity contribution in [1.82, 2.24) is 25.2 Å². The van der Waals surface area contributed by atoms with Crippen LogP contribution < -0.4 is 25.7 Å². The number of benzene rings is 1. The molecule has 4 N–H and O–H groups in total. The zero-order valence-corrected chi connectivity index (χ0v) is 33.3. The maximum absolute atomic E-state index is 12.7. The van der Waals surface area contributed by atoms with Gasteiger partial charge in [-0.3, -0.25) is 28.7 Å². The number of hydrogen-bond acceptors (Lipinski definition) is 10. The van der Waals surface area contributed by atoms with Gasteiger partial charge in [-0.25, -0.2) is 13.2 Å². The first-order valence-electron chi connectivity index (χ1n) is 17.9. The number of amides is 4. The van der Waals surface area contributed by atoms with Crippen LogP contribution in [0.5, 0.6) is 5.75 Å². The van der Waals surface area contributed by atoms with E-state index in [2.05, 4.69) is 22.2 Å². The van der Waals surface area contributed by atoms with Crippen LogP contribution in [0.2, 0.25) is 0 Å². The van der Waals surface area contributed by atoms with Crippen LogP contribution in [0.1, 0.15) is 87.5 Å². The van der Waals surface area contributed by atoms with Gasteiger partial charge in [0.2, 0.25) is 21.8 Å². The normalized spacial score (nSPS) is 15.6. The first kappa shape index (κ1) is 45.2. The molecule has 1 aliphatic heterocycles. The van der Waals surface area contributed by atoms with Gasteiger partial charge in [-0.15, -0.1) is 6.58 Å². The van der Waals surface area contributed by atoms with Crippen molar-refractivity contribution >= 4 is 50.4 Å². The van der Waals surface area contributed by atoms with Crippen LogP contribution >= 0.6 is 0 Å². The Bertz CT molecular complexity index is 1860. The molecule has 1 aliphatic carbocycles. The van der Waals surface area contributed by atoms with E-state index in [1.807, 2.05) is 57.5 Å². The summed E-state index contributed by atoms with van der Waals surface area (Å²) in [6, 6.07) is 5.24. The van der Waals surface area contributed by atoms with Gasteiger partial charge in [-0.2, -0.15) is 0 Å². The quantitative estimate of drug-likeness (QED) is 0.180. The van der Waals surface area contributed by atoms with Crippen LogP contribution in [0.15, 0.2) is 59.6 Å². The predicted octanol–water partition coefficient (Wildman–Crippen LogP) is 4.03. The summed E-state index contributed by atoms with van der Waals surface area (Å²) in [5.41, 5.74) is 0.302. The van der Waals surface area contributed by atoms with Crippen molar-refractivity contribution in [3.8, 4) is 5.75 Å². The topological polar surface area (TPSA) is 210 Å². The highest BCUT2D eigenvalue weighted by molar-refractivity contribution is 7.90. The number of pyridine rings is 1. The Balaban J connectivity index is 0.000000358. The number of carbonyl (C=O) groups excluding carboxylic acids is 5. The average molecular weight is 774 g/mol. The second kappa shape index (κ2) is 20.5. The zero-order valence-electron chi connectivity index (χ0n) is 32.4. The minimum Gasteiger partial charge on any atom is -0.491 e. The molecule has 0 bridgehead atoms. The summed E-state index contributed by atoms with van der Waals surface area (Å²) < 4.78 is 36.5.